The molecular formula is C11H8F3N3O2S. The number of anilines is 2. The summed E-state index contributed by atoms with van der Waals surface area (Å²) >= 11 is 0. The van der Waals surface area contributed by atoms with Gasteiger partial charge in [-0.2, -0.15) is 4.39 Å². The van der Waals surface area contributed by atoms with E-state index in [0.29, 0.717) is 12.1 Å². The molecule has 3 N–H and O–H groups in total. The highest BCUT2D eigenvalue weighted by atomic mass is 32.2. The van der Waals surface area contributed by atoms with Crippen molar-refractivity contribution in [2.75, 3.05) is 10.5 Å². The van der Waals surface area contributed by atoms with Crippen molar-refractivity contribution in [1.82, 2.24) is 4.98 Å². The molecule has 0 aliphatic rings. The molecule has 0 fully saturated rings. The smallest absolute Gasteiger partial charge is 0.267 e. The van der Waals surface area contributed by atoms with Crippen molar-refractivity contribution in [3.63, 3.8) is 0 Å². The summed E-state index contributed by atoms with van der Waals surface area (Å²) in [5, 5.41) is 0. The monoisotopic (exact) mass is 303 g/mol. The maximum Gasteiger partial charge on any atom is 0.267 e. The zero-order valence-corrected chi connectivity index (χ0v) is 10.6. The van der Waals surface area contributed by atoms with Gasteiger partial charge in [-0.05, 0) is 24.3 Å². The minimum Gasteiger partial charge on any atom is -0.399 e. The van der Waals surface area contributed by atoms with E-state index in [1.807, 2.05) is 4.72 Å². The molecule has 9 heteroatoms. The topological polar surface area (TPSA) is 85.1 Å². The number of hydrogen-bond acceptors (Lipinski definition) is 4. The standard InChI is InChI=1S/C11H8F3N3O2S/c12-8-3-6(15)4-9(13)11(8)20(18,19)17-7-1-2-10(14)16-5-7/h1-5,17H,15H2. The van der Waals surface area contributed by atoms with E-state index in [2.05, 4.69) is 4.98 Å². The summed E-state index contributed by atoms with van der Waals surface area (Å²) < 4.78 is 65.4. The summed E-state index contributed by atoms with van der Waals surface area (Å²) in [5.74, 6) is -3.48. The number of sulfonamides is 1. The first-order chi connectivity index (χ1) is 9.29. The molecule has 2 rings (SSSR count). The first-order valence-electron chi connectivity index (χ1n) is 5.18. The van der Waals surface area contributed by atoms with Crippen LogP contribution in [0.15, 0.2) is 35.4 Å². The van der Waals surface area contributed by atoms with E-state index >= 15 is 0 Å². The van der Waals surface area contributed by atoms with Gasteiger partial charge >= 0.3 is 0 Å². The number of benzene rings is 1. The van der Waals surface area contributed by atoms with Gasteiger partial charge in [-0.25, -0.2) is 22.2 Å². The molecule has 1 aromatic carbocycles. The van der Waals surface area contributed by atoms with Crippen molar-refractivity contribution in [3.8, 4) is 0 Å². The third-order valence-electron chi connectivity index (χ3n) is 2.27. The van der Waals surface area contributed by atoms with Crippen LogP contribution in [0.4, 0.5) is 24.5 Å². The lowest BCUT2D eigenvalue weighted by atomic mass is 10.3. The lowest BCUT2D eigenvalue weighted by molar-refractivity contribution is 0.522. The Morgan fingerprint density at radius 3 is 2.20 bits per heavy atom. The highest BCUT2D eigenvalue weighted by Gasteiger charge is 2.24. The molecule has 5 nitrogen and oxygen atoms in total. The van der Waals surface area contributed by atoms with Crippen LogP contribution in [0.3, 0.4) is 0 Å². The van der Waals surface area contributed by atoms with Crippen molar-refractivity contribution in [3.05, 3.63) is 48.0 Å². The normalized spacial score (nSPS) is 11.3. The fourth-order valence-corrected chi connectivity index (χ4v) is 2.64. The number of halogens is 3. The molecule has 106 valence electrons. The Morgan fingerprint density at radius 2 is 1.70 bits per heavy atom. The lowest BCUT2D eigenvalue weighted by Crippen LogP contribution is -2.17. The summed E-state index contributed by atoms with van der Waals surface area (Å²) in [4.78, 5) is 2.04. The second kappa shape index (κ2) is 5.00. The van der Waals surface area contributed by atoms with E-state index < -0.39 is 32.5 Å². The molecule has 2 aromatic rings. The van der Waals surface area contributed by atoms with Crippen LogP contribution in [0, 0.1) is 17.6 Å². The molecule has 1 heterocycles. The lowest BCUT2D eigenvalue weighted by Gasteiger charge is -2.10. The van der Waals surface area contributed by atoms with Crippen LogP contribution in [-0.4, -0.2) is 13.4 Å². The largest absolute Gasteiger partial charge is 0.399 e. The number of hydrogen-bond donors (Lipinski definition) is 2. The van der Waals surface area contributed by atoms with Crippen LogP contribution in [0.2, 0.25) is 0 Å². The van der Waals surface area contributed by atoms with Gasteiger partial charge in [0.15, 0.2) is 4.90 Å². The molecule has 0 bridgehead atoms. The molecule has 0 atom stereocenters. The third kappa shape index (κ3) is 2.82. The fraction of sp³-hybridized carbons (Fsp3) is 0. The number of nitrogen functional groups attached to an aromatic ring is 1. The average Bonchev–Trinajstić information content (AvgIpc) is 2.30. The van der Waals surface area contributed by atoms with E-state index in [9.17, 15) is 21.6 Å². The summed E-state index contributed by atoms with van der Waals surface area (Å²) in [6.45, 7) is 0. The molecule has 0 saturated heterocycles. The molecule has 0 aliphatic heterocycles. The SMILES string of the molecule is Nc1cc(F)c(S(=O)(=O)Nc2ccc(F)nc2)c(F)c1. The zero-order valence-electron chi connectivity index (χ0n) is 9.77. The van der Waals surface area contributed by atoms with Gasteiger partial charge in [0.05, 0.1) is 11.9 Å². The van der Waals surface area contributed by atoms with Crippen LogP contribution >= 0.6 is 0 Å². The fourth-order valence-electron chi connectivity index (χ4n) is 1.48. The molecular weight excluding hydrogens is 295 g/mol. The average molecular weight is 303 g/mol. The first-order valence-corrected chi connectivity index (χ1v) is 6.67. The van der Waals surface area contributed by atoms with Gasteiger partial charge in [0.2, 0.25) is 5.95 Å². The number of pyridine rings is 1. The Morgan fingerprint density at radius 1 is 1.10 bits per heavy atom. The third-order valence-corrected chi connectivity index (χ3v) is 3.70. The molecule has 0 unspecified atom stereocenters. The van der Waals surface area contributed by atoms with Gasteiger partial charge in [0.25, 0.3) is 10.0 Å². The van der Waals surface area contributed by atoms with Crippen LogP contribution < -0.4 is 10.5 Å². The highest BCUT2D eigenvalue weighted by Crippen LogP contribution is 2.23. The van der Waals surface area contributed by atoms with Crippen molar-refractivity contribution in [2.24, 2.45) is 0 Å². The number of aromatic nitrogens is 1. The number of nitrogens with one attached hydrogen (secondary N) is 1. The van der Waals surface area contributed by atoms with E-state index in [0.717, 1.165) is 18.3 Å². The Bertz CT molecular complexity index is 725. The quantitative estimate of drug-likeness (QED) is 0.669. The van der Waals surface area contributed by atoms with Crippen LogP contribution in [0.1, 0.15) is 0 Å². The second-order valence-corrected chi connectivity index (χ2v) is 5.41. The van der Waals surface area contributed by atoms with Gasteiger partial charge < -0.3 is 5.73 Å². The minimum absolute atomic E-state index is 0.137. The summed E-state index contributed by atoms with van der Waals surface area (Å²) in [5.41, 5.74) is 4.81. The molecule has 0 amide bonds. The van der Waals surface area contributed by atoms with Crippen molar-refractivity contribution < 1.29 is 21.6 Å². The van der Waals surface area contributed by atoms with Gasteiger partial charge in [-0.1, -0.05) is 0 Å². The summed E-state index contributed by atoms with van der Waals surface area (Å²) in [6.07, 6.45) is 0.875. The first kappa shape index (κ1) is 14.1. The molecule has 20 heavy (non-hydrogen) atoms. The van der Waals surface area contributed by atoms with Gasteiger partial charge in [0, 0.05) is 5.69 Å². The Labute approximate surface area is 112 Å². The van der Waals surface area contributed by atoms with E-state index in [4.69, 9.17) is 5.73 Å². The number of nitrogens with two attached hydrogens (primary N) is 1. The van der Waals surface area contributed by atoms with E-state index in [-0.39, 0.29) is 11.4 Å². The minimum atomic E-state index is -4.52. The van der Waals surface area contributed by atoms with E-state index in [1.54, 1.807) is 0 Å². The Balaban J connectivity index is 2.43. The zero-order chi connectivity index (χ0) is 14.9. The van der Waals surface area contributed by atoms with Crippen LogP contribution in [-0.2, 0) is 10.0 Å². The molecule has 1 aromatic heterocycles. The summed E-state index contributed by atoms with van der Waals surface area (Å²) in [7, 11) is -4.52. The number of rotatable bonds is 3. The maximum atomic E-state index is 13.6. The molecule has 0 radical (unpaired) electrons. The predicted octanol–water partition coefficient (Wildman–Crippen LogP) is 1.88. The van der Waals surface area contributed by atoms with Crippen LogP contribution in [0.25, 0.3) is 0 Å². The van der Waals surface area contributed by atoms with Gasteiger partial charge in [-0.3, -0.25) is 4.72 Å². The Hall–Kier alpha value is -2.29. The van der Waals surface area contributed by atoms with Gasteiger partial charge in [-0.15, -0.1) is 0 Å². The molecule has 0 aliphatic carbocycles. The second-order valence-electron chi connectivity index (χ2n) is 3.79. The maximum absolute atomic E-state index is 13.6. The van der Waals surface area contributed by atoms with Gasteiger partial charge in [0.1, 0.15) is 11.6 Å². The van der Waals surface area contributed by atoms with E-state index in [1.165, 1.54) is 0 Å². The molecule has 0 spiro atoms. The summed E-state index contributed by atoms with van der Waals surface area (Å²) in [6, 6.07) is 3.32. The van der Waals surface area contributed by atoms with Crippen LogP contribution in [0.5, 0.6) is 0 Å². The number of nitrogens with zero attached hydrogens (tertiary/aromatic N) is 1. The van der Waals surface area contributed by atoms with Crippen molar-refractivity contribution in [1.29, 1.82) is 0 Å². The van der Waals surface area contributed by atoms with Crippen molar-refractivity contribution in [2.45, 2.75) is 4.90 Å². The van der Waals surface area contributed by atoms with Crippen molar-refractivity contribution >= 4 is 21.4 Å². The Kier molecular flexibility index (Phi) is 3.53. The predicted molar refractivity (Wildman–Crippen MR) is 65.8 cm³/mol. The molecule has 0 saturated carbocycles. The highest BCUT2D eigenvalue weighted by molar-refractivity contribution is 7.92.